The summed E-state index contributed by atoms with van der Waals surface area (Å²) in [4.78, 5) is 25.6. The van der Waals surface area contributed by atoms with Crippen molar-refractivity contribution < 1.29 is 44.3 Å². The quantitative estimate of drug-likeness (QED) is 0.489. The van der Waals surface area contributed by atoms with Crippen LogP contribution in [0.3, 0.4) is 0 Å². The average Bonchev–Trinajstić information content (AvgIpc) is 2.76. The molecule has 204 valence electrons. The number of nitrogens with one attached hydrogen (secondary N) is 2. The van der Waals surface area contributed by atoms with Crippen LogP contribution < -0.4 is 10.6 Å². The summed E-state index contributed by atoms with van der Waals surface area (Å²) in [6.07, 6.45) is -7.52. The summed E-state index contributed by atoms with van der Waals surface area (Å²) in [7, 11) is -3.98. The van der Waals surface area contributed by atoms with Crippen molar-refractivity contribution in [3.05, 3.63) is 29.3 Å². The van der Waals surface area contributed by atoms with E-state index in [2.05, 4.69) is 10.6 Å². The molecule has 2 rings (SSSR count). The lowest BCUT2D eigenvalue weighted by molar-refractivity contribution is -0.211. The van der Waals surface area contributed by atoms with E-state index >= 15 is 0 Å². The second-order valence-electron chi connectivity index (χ2n) is 9.39. The van der Waals surface area contributed by atoms with Crippen LogP contribution in [0.15, 0.2) is 23.1 Å². The van der Waals surface area contributed by atoms with E-state index in [1.165, 1.54) is 0 Å². The van der Waals surface area contributed by atoms with Crippen LogP contribution in [0.25, 0.3) is 0 Å². The van der Waals surface area contributed by atoms with Gasteiger partial charge in [-0.2, -0.15) is 26.3 Å². The van der Waals surface area contributed by atoms with E-state index in [1.54, 1.807) is 0 Å². The van der Waals surface area contributed by atoms with Gasteiger partial charge in [-0.3, -0.25) is 9.59 Å². The molecule has 2 N–H and O–H groups in total. The highest BCUT2D eigenvalue weighted by atomic mass is 32.2. The fourth-order valence-corrected chi connectivity index (χ4v) is 4.22. The molecule has 0 aromatic heterocycles. The number of rotatable bonds is 8. The van der Waals surface area contributed by atoms with Gasteiger partial charge in [0.15, 0.2) is 9.84 Å². The summed E-state index contributed by atoms with van der Waals surface area (Å²) in [5.41, 5.74) is -4.16. The van der Waals surface area contributed by atoms with E-state index < -0.39 is 55.4 Å². The number of halogens is 6. The number of sulfone groups is 1. The van der Waals surface area contributed by atoms with Crippen LogP contribution in [-0.2, 0) is 20.8 Å². The Morgan fingerprint density at radius 3 is 2.08 bits per heavy atom. The molecule has 1 saturated heterocycles. The van der Waals surface area contributed by atoms with E-state index in [4.69, 9.17) is 0 Å². The fourth-order valence-electron chi connectivity index (χ4n) is 3.54. The van der Waals surface area contributed by atoms with Crippen LogP contribution in [0, 0.1) is 11.3 Å². The van der Waals surface area contributed by atoms with Gasteiger partial charge in [-0.15, -0.1) is 0 Å². The van der Waals surface area contributed by atoms with Crippen molar-refractivity contribution >= 4 is 21.7 Å². The molecule has 7 nitrogen and oxygen atoms in total. The SMILES string of the molecule is CC(C)(C(=O)NCCN1CCC(CNC(=O)c2cc(C(F)(F)F)cc(S(C)(=O)=O)c2)CC1)C(F)(F)F. The summed E-state index contributed by atoms with van der Waals surface area (Å²) >= 11 is 0. The van der Waals surface area contributed by atoms with Crippen molar-refractivity contribution in [2.75, 3.05) is 39.0 Å². The molecule has 2 amide bonds. The first-order valence-corrected chi connectivity index (χ1v) is 13.0. The summed E-state index contributed by atoms with van der Waals surface area (Å²) in [6, 6.07) is 1.98. The molecule has 0 saturated carbocycles. The molecule has 14 heteroatoms. The Morgan fingerprint density at radius 2 is 1.58 bits per heavy atom. The van der Waals surface area contributed by atoms with E-state index in [-0.39, 0.29) is 19.0 Å². The van der Waals surface area contributed by atoms with E-state index in [1.807, 2.05) is 4.90 Å². The van der Waals surface area contributed by atoms with Gasteiger partial charge in [0.25, 0.3) is 5.91 Å². The van der Waals surface area contributed by atoms with Gasteiger partial charge in [0.1, 0.15) is 5.41 Å². The normalized spacial score (nSPS) is 16.6. The Bertz CT molecular complexity index is 1060. The van der Waals surface area contributed by atoms with Crippen LogP contribution in [0.1, 0.15) is 42.6 Å². The number of hydrogen-bond donors (Lipinski definition) is 2. The molecule has 36 heavy (non-hydrogen) atoms. The minimum atomic E-state index is -4.83. The predicted molar refractivity (Wildman–Crippen MR) is 119 cm³/mol. The van der Waals surface area contributed by atoms with E-state index in [9.17, 15) is 44.3 Å². The monoisotopic (exact) mass is 545 g/mol. The maximum Gasteiger partial charge on any atom is 0.416 e. The third-order valence-corrected chi connectivity index (χ3v) is 7.26. The second-order valence-corrected chi connectivity index (χ2v) is 11.4. The Balaban J connectivity index is 1.86. The maximum absolute atomic E-state index is 13.2. The largest absolute Gasteiger partial charge is 0.416 e. The molecule has 1 fully saturated rings. The Morgan fingerprint density at radius 1 is 1.00 bits per heavy atom. The highest BCUT2D eigenvalue weighted by Crippen LogP contribution is 2.37. The third kappa shape index (κ3) is 7.82. The lowest BCUT2D eigenvalue weighted by Gasteiger charge is -2.32. The highest BCUT2D eigenvalue weighted by molar-refractivity contribution is 7.90. The van der Waals surface area contributed by atoms with Crippen molar-refractivity contribution in [2.45, 2.75) is 43.9 Å². The van der Waals surface area contributed by atoms with Gasteiger partial charge in [-0.25, -0.2) is 8.42 Å². The highest BCUT2D eigenvalue weighted by Gasteiger charge is 2.52. The topological polar surface area (TPSA) is 95.6 Å². The third-order valence-electron chi connectivity index (χ3n) is 6.17. The number of nitrogens with zero attached hydrogens (tertiary/aromatic N) is 1. The molecule has 0 unspecified atom stereocenters. The van der Waals surface area contributed by atoms with Crippen LogP contribution in [0.2, 0.25) is 0 Å². The maximum atomic E-state index is 13.2. The van der Waals surface area contributed by atoms with Crippen LogP contribution in [-0.4, -0.2) is 70.3 Å². The fraction of sp³-hybridized carbons (Fsp3) is 0.636. The zero-order chi connectivity index (χ0) is 27.5. The van der Waals surface area contributed by atoms with Crippen LogP contribution in [0.4, 0.5) is 26.3 Å². The van der Waals surface area contributed by atoms with E-state index in [0.717, 1.165) is 26.2 Å². The number of carbonyl (C=O) groups is 2. The first-order chi connectivity index (χ1) is 16.3. The predicted octanol–water partition coefficient (Wildman–Crippen LogP) is 3.26. The van der Waals surface area contributed by atoms with Gasteiger partial charge < -0.3 is 15.5 Å². The van der Waals surface area contributed by atoms with Crippen molar-refractivity contribution in [2.24, 2.45) is 11.3 Å². The molecule has 0 spiro atoms. The van der Waals surface area contributed by atoms with Gasteiger partial charge in [0.2, 0.25) is 5.91 Å². The molecule has 0 atom stereocenters. The van der Waals surface area contributed by atoms with Crippen molar-refractivity contribution in [1.82, 2.24) is 15.5 Å². The van der Waals surface area contributed by atoms with Gasteiger partial charge in [0.05, 0.1) is 10.5 Å². The molecule has 0 aliphatic carbocycles. The molecule has 1 heterocycles. The Hall–Kier alpha value is -2.35. The Kier molecular flexibility index (Phi) is 9.09. The number of alkyl halides is 6. The lowest BCUT2D eigenvalue weighted by atomic mass is 9.91. The Labute approximate surface area is 205 Å². The smallest absolute Gasteiger partial charge is 0.354 e. The number of carbonyl (C=O) groups excluding carboxylic acids is 2. The summed E-state index contributed by atoms with van der Waals surface area (Å²) < 4.78 is 102. The van der Waals surface area contributed by atoms with Crippen molar-refractivity contribution in [3.8, 4) is 0 Å². The molecular weight excluding hydrogens is 516 g/mol. The summed E-state index contributed by atoms with van der Waals surface area (Å²) in [5, 5.41) is 4.84. The number of hydrogen-bond acceptors (Lipinski definition) is 5. The van der Waals surface area contributed by atoms with Gasteiger partial charge in [0, 0.05) is 31.5 Å². The minimum absolute atomic E-state index is 0.00382. The van der Waals surface area contributed by atoms with Crippen LogP contribution >= 0.6 is 0 Å². The first-order valence-electron chi connectivity index (χ1n) is 11.1. The summed E-state index contributed by atoms with van der Waals surface area (Å²) in [5.74, 6) is -1.94. The van der Waals surface area contributed by atoms with E-state index in [0.29, 0.717) is 44.6 Å². The van der Waals surface area contributed by atoms with Gasteiger partial charge >= 0.3 is 12.4 Å². The number of piperidine rings is 1. The van der Waals surface area contributed by atoms with Crippen molar-refractivity contribution in [1.29, 1.82) is 0 Å². The molecule has 0 bridgehead atoms. The standard InChI is InChI=1S/C22H29F6N3O4S/c1-20(2,22(26,27)28)19(33)29-6-9-31-7-4-14(5-8-31)13-30-18(32)15-10-16(21(23,24)25)12-17(11-15)36(3,34)35/h10-12,14H,4-9,13H2,1-3H3,(H,29,33)(H,30,32). The average molecular weight is 546 g/mol. The molecule has 1 aromatic carbocycles. The second kappa shape index (κ2) is 11.0. The van der Waals surface area contributed by atoms with Gasteiger partial charge in [-0.1, -0.05) is 0 Å². The van der Waals surface area contributed by atoms with Crippen LogP contribution in [0.5, 0.6) is 0 Å². The zero-order valence-electron chi connectivity index (χ0n) is 20.0. The number of likely N-dealkylation sites (tertiary alicyclic amines) is 1. The van der Waals surface area contributed by atoms with Gasteiger partial charge in [-0.05, 0) is 63.9 Å². The lowest BCUT2D eigenvalue weighted by Crippen LogP contribution is -2.49. The minimum Gasteiger partial charge on any atom is -0.354 e. The summed E-state index contributed by atoms with van der Waals surface area (Å²) in [6.45, 7) is 3.28. The molecule has 0 radical (unpaired) electrons. The van der Waals surface area contributed by atoms with Crippen molar-refractivity contribution in [3.63, 3.8) is 0 Å². The number of benzene rings is 1. The first kappa shape index (κ1) is 29.9. The molecule has 1 aliphatic heterocycles. The molecule has 1 aliphatic rings. The zero-order valence-corrected chi connectivity index (χ0v) is 20.8. The number of amides is 2. The molecular formula is C22H29F6N3O4S. The molecule has 1 aromatic rings.